The lowest BCUT2D eigenvalue weighted by molar-refractivity contribution is 0.286. The van der Waals surface area contributed by atoms with E-state index in [1.165, 1.54) is 11.3 Å². The highest BCUT2D eigenvalue weighted by Crippen LogP contribution is 2.33. The average molecular weight is 317 g/mol. The molecule has 0 saturated heterocycles. The first-order valence-corrected chi connectivity index (χ1v) is 8.28. The third-order valence-electron chi connectivity index (χ3n) is 3.09. The summed E-state index contributed by atoms with van der Waals surface area (Å²) in [4.78, 5) is 11.9. The summed E-state index contributed by atoms with van der Waals surface area (Å²) in [6.45, 7) is 0.725. The largest absolute Gasteiger partial charge is 0.391 e. The van der Waals surface area contributed by atoms with Crippen LogP contribution in [0.4, 0.5) is 5.13 Å². The van der Waals surface area contributed by atoms with Gasteiger partial charge in [-0.3, -0.25) is 0 Å². The normalized spacial score (nSPS) is 10.8. The van der Waals surface area contributed by atoms with E-state index in [2.05, 4.69) is 9.88 Å². The lowest BCUT2D eigenvalue weighted by Gasteiger charge is -2.13. The number of aliphatic hydroxyl groups is 1. The molecule has 0 aliphatic rings. The van der Waals surface area contributed by atoms with E-state index in [0.717, 1.165) is 33.5 Å². The van der Waals surface area contributed by atoms with Crippen molar-refractivity contribution in [3.63, 3.8) is 0 Å². The summed E-state index contributed by atoms with van der Waals surface area (Å²) in [6, 6.07) is 9.96. The van der Waals surface area contributed by atoms with Crippen LogP contribution in [0.25, 0.3) is 11.3 Å². The van der Waals surface area contributed by atoms with Crippen molar-refractivity contribution in [3.05, 3.63) is 51.8 Å². The molecule has 3 rings (SSSR count). The summed E-state index contributed by atoms with van der Waals surface area (Å²) < 4.78 is 0. The van der Waals surface area contributed by atoms with Gasteiger partial charge >= 0.3 is 0 Å². The fraction of sp³-hybridized carbons (Fsp3) is 0.200. The molecule has 3 aromatic rings. The fourth-order valence-corrected chi connectivity index (χ4v) is 3.51. The van der Waals surface area contributed by atoms with E-state index in [4.69, 9.17) is 4.98 Å². The van der Waals surface area contributed by atoms with E-state index >= 15 is 0 Å². The van der Waals surface area contributed by atoms with Crippen LogP contribution in [0.2, 0.25) is 0 Å². The van der Waals surface area contributed by atoms with Gasteiger partial charge < -0.3 is 10.0 Å². The molecule has 108 valence electrons. The van der Waals surface area contributed by atoms with Crippen molar-refractivity contribution in [3.8, 4) is 11.3 Å². The number of rotatable bonds is 5. The van der Waals surface area contributed by atoms with E-state index in [-0.39, 0.29) is 6.61 Å². The number of aliphatic hydroxyl groups excluding tert-OH is 1. The quantitative estimate of drug-likeness (QED) is 0.783. The Hall–Kier alpha value is -1.76. The van der Waals surface area contributed by atoms with Gasteiger partial charge in [0.25, 0.3) is 0 Å². The van der Waals surface area contributed by atoms with Crippen molar-refractivity contribution >= 4 is 27.8 Å². The predicted octanol–water partition coefficient (Wildman–Crippen LogP) is 3.40. The zero-order chi connectivity index (χ0) is 14.7. The molecule has 21 heavy (non-hydrogen) atoms. The highest BCUT2D eigenvalue weighted by atomic mass is 32.1. The van der Waals surface area contributed by atoms with Crippen molar-refractivity contribution in [2.45, 2.75) is 13.2 Å². The van der Waals surface area contributed by atoms with Crippen LogP contribution < -0.4 is 4.90 Å². The van der Waals surface area contributed by atoms with E-state index in [1.54, 1.807) is 11.3 Å². The molecule has 0 radical (unpaired) electrons. The van der Waals surface area contributed by atoms with Gasteiger partial charge in [-0.1, -0.05) is 41.7 Å². The zero-order valence-corrected chi connectivity index (χ0v) is 13.2. The van der Waals surface area contributed by atoms with Gasteiger partial charge in [0.2, 0.25) is 0 Å². The van der Waals surface area contributed by atoms with Gasteiger partial charge in [-0.25, -0.2) is 9.97 Å². The van der Waals surface area contributed by atoms with Gasteiger partial charge in [-0.2, -0.15) is 0 Å². The first-order chi connectivity index (χ1) is 10.3. The standard InChI is InChI=1S/C15H15N3OS2/c1-18(7-12-9-20-10-16-12)15-17-14(13(8-19)21-15)11-5-3-2-4-6-11/h2-6,9-10,19H,7-8H2,1H3. The molecule has 0 aliphatic carbocycles. The molecule has 1 N–H and O–H groups in total. The highest BCUT2D eigenvalue weighted by Gasteiger charge is 2.15. The topological polar surface area (TPSA) is 49.2 Å². The SMILES string of the molecule is CN(Cc1cscn1)c1nc(-c2ccccc2)c(CO)s1. The van der Waals surface area contributed by atoms with Crippen LogP contribution in [0.3, 0.4) is 0 Å². The Bertz CT molecular complexity index is 695. The molecule has 2 aromatic heterocycles. The number of thiazole rings is 2. The summed E-state index contributed by atoms with van der Waals surface area (Å²) in [5.41, 5.74) is 4.76. The smallest absolute Gasteiger partial charge is 0.186 e. The first kappa shape index (κ1) is 14.2. The minimum atomic E-state index is 0.00638. The van der Waals surface area contributed by atoms with Crippen LogP contribution in [0.15, 0.2) is 41.2 Å². The Balaban J connectivity index is 1.89. The van der Waals surface area contributed by atoms with Crippen molar-refractivity contribution in [1.29, 1.82) is 0 Å². The number of aromatic nitrogens is 2. The molecule has 6 heteroatoms. The molecule has 0 fully saturated rings. The second kappa shape index (κ2) is 6.34. The van der Waals surface area contributed by atoms with Crippen molar-refractivity contribution < 1.29 is 5.11 Å². The van der Waals surface area contributed by atoms with Crippen LogP contribution in [0, 0.1) is 0 Å². The van der Waals surface area contributed by atoms with Gasteiger partial charge in [0.05, 0.1) is 34.9 Å². The predicted molar refractivity (Wildman–Crippen MR) is 87.7 cm³/mol. The molecule has 2 heterocycles. The number of nitrogens with zero attached hydrogens (tertiary/aromatic N) is 3. The number of hydrogen-bond acceptors (Lipinski definition) is 6. The molecule has 0 spiro atoms. The van der Waals surface area contributed by atoms with Gasteiger partial charge in [0.15, 0.2) is 5.13 Å². The van der Waals surface area contributed by atoms with Crippen LogP contribution in [-0.4, -0.2) is 22.1 Å². The lowest BCUT2D eigenvalue weighted by Crippen LogP contribution is -2.16. The number of anilines is 1. The molecule has 4 nitrogen and oxygen atoms in total. The van der Waals surface area contributed by atoms with E-state index in [1.807, 2.05) is 48.3 Å². The lowest BCUT2D eigenvalue weighted by atomic mass is 10.1. The molecule has 1 aromatic carbocycles. The summed E-state index contributed by atoms with van der Waals surface area (Å²) >= 11 is 3.12. The van der Waals surface area contributed by atoms with Gasteiger partial charge in [0.1, 0.15) is 0 Å². The Morgan fingerprint density at radius 2 is 2.05 bits per heavy atom. The zero-order valence-electron chi connectivity index (χ0n) is 11.6. The maximum atomic E-state index is 9.57. The number of hydrogen-bond donors (Lipinski definition) is 1. The summed E-state index contributed by atoms with van der Waals surface area (Å²) in [7, 11) is 1.99. The maximum Gasteiger partial charge on any atom is 0.186 e. The fourth-order valence-electron chi connectivity index (χ4n) is 2.06. The summed E-state index contributed by atoms with van der Waals surface area (Å²) in [6.07, 6.45) is 0. The van der Waals surface area contributed by atoms with Crippen LogP contribution in [-0.2, 0) is 13.2 Å². The second-order valence-electron chi connectivity index (χ2n) is 4.63. The molecular formula is C15H15N3OS2. The van der Waals surface area contributed by atoms with Crippen LogP contribution in [0.5, 0.6) is 0 Å². The van der Waals surface area contributed by atoms with E-state index < -0.39 is 0 Å². The summed E-state index contributed by atoms with van der Waals surface area (Å²) in [5.74, 6) is 0. The summed E-state index contributed by atoms with van der Waals surface area (Å²) in [5, 5.41) is 12.5. The second-order valence-corrected chi connectivity index (χ2v) is 6.41. The van der Waals surface area contributed by atoms with E-state index in [9.17, 15) is 5.11 Å². The monoisotopic (exact) mass is 317 g/mol. The minimum absolute atomic E-state index is 0.00638. The van der Waals surface area contributed by atoms with Crippen molar-refractivity contribution in [2.75, 3.05) is 11.9 Å². The molecule has 0 amide bonds. The molecular weight excluding hydrogens is 302 g/mol. The average Bonchev–Trinajstić information content (AvgIpc) is 3.17. The van der Waals surface area contributed by atoms with Crippen LogP contribution in [0.1, 0.15) is 10.6 Å². The molecule has 0 aliphatic heterocycles. The first-order valence-electron chi connectivity index (χ1n) is 6.52. The Morgan fingerprint density at radius 3 is 2.71 bits per heavy atom. The molecule has 0 atom stereocenters. The Kier molecular flexibility index (Phi) is 4.28. The van der Waals surface area contributed by atoms with Gasteiger partial charge in [0, 0.05) is 18.0 Å². The van der Waals surface area contributed by atoms with Crippen molar-refractivity contribution in [1.82, 2.24) is 9.97 Å². The maximum absolute atomic E-state index is 9.57. The Morgan fingerprint density at radius 1 is 1.24 bits per heavy atom. The molecule has 0 saturated carbocycles. The number of benzene rings is 1. The minimum Gasteiger partial charge on any atom is -0.391 e. The Labute approximate surface area is 131 Å². The molecule has 0 bridgehead atoms. The third-order valence-corrected chi connectivity index (χ3v) is 4.88. The van der Waals surface area contributed by atoms with Gasteiger partial charge in [-0.15, -0.1) is 11.3 Å². The van der Waals surface area contributed by atoms with Crippen molar-refractivity contribution in [2.24, 2.45) is 0 Å². The van der Waals surface area contributed by atoms with E-state index in [0.29, 0.717) is 0 Å². The van der Waals surface area contributed by atoms with Gasteiger partial charge in [-0.05, 0) is 0 Å². The third kappa shape index (κ3) is 3.12. The highest BCUT2D eigenvalue weighted by molar-refractivity contribution is 7.16. The molecule has 0 unspecified atom stereocenters. The van der Waals surface area contributed by atoms with Crippen LogP contribution >= 0.6 is 22.7 Å².